The van der Waals surface area contributed by atoms with Crippen LogP contribution in [0, 0.1) is 0 Å². The van der Waals surface area contributed by atoms with Gasteiger partial charge in [-0.2, -0.15) is 0 Å². The predicted molar refractivity (Wildman–Crippen MR) is 39.8 cm³/mol. The molecule has 1 aromatic rings. The molecular weight excluding hydrogens is 205 g/mol. The van der Waals surface area contributed by atoms with Crippen LogP contribution in [0.25, 0.3) is 0 Å². The van der Waals surface area contributed by atoms with Crippen LogP contribution in [0.3, 0.4) is 0 Å². The Morgan fingerprint density at radius 3 is 2.78 bits per heavy atom. The van der Waals surface area contributed by atoms with Crippen molar-refractivity contribution in [1.82, 2.24) is 4.98 Å². The molecule has 0 unspecified atom stereocenters. The fourth-order valence-corrected chi connectivity index (χ4v) is 0.880. The Balaban J connectivity index is 3.43. The van der Waals surface area contributed by atoms with Crippen LogP contribution in [0.1, 0.15) is 0 Å². The van der Waals surface area contributed by atoms with Crippen LogP contribution in [0.15, 0.2) is 21.7 Å². The van der Waals surface area contributed by atoms with Gasteiger partial charge in [0.25, 0.3) is 0 Å². The first-order valence-corrected chi connectivity index (χ1v) is 3.41. The Hall–Kier alpha value is -0.280. The van der Waals surface area contributed by atoms with Gasteiger partial charge >= 0.3 is 0 Å². The molecule has 0 aliphatic carbocycles. The third kappa shape index (κ3) is 1.34. The van der Waals surface area contributed by atoms with Crippen LogP contribution in [0.5, 0.6) is 0 Å². The van der Waals surface area contributed by atoms with Crippen LogP contribution in [0.4, 0.5) is 0 Å². The quantitative estimate of drug-likeness (QED) is 0.648. The Morgan fingerprint density at radius 2 is 2.33 bits per heavy atom. The number of rotatable bonds is 0. The van der Waals surface area contributed by atoms with E-state index in [2.05, 4.69) is 20.9 Å². The highest BCUT2D eigenvalue weighted by atomic mass is 79.9. The summed E-state index contributed by atoms with van der Waals surface area (Å²) in [6, 6.07) is 1.37. The predicted octanol–water partition coefficient (Wildman–Crippen LogP) is 1.79. The van der Waals surface area contributed by atoms with Crippen molar-refractivity contribution >= 4 is 27.5 Å². The largest absolute Gasteiger partial charge is 0.355 e. The molecule has 0 aromatic carbocycles. The van der Waals surface area contributed by atoms with Gasteiger partial charge in [-0.15, -0.1) is 0 Å². The van der Waals surface area contributed by atoms with E-state index in [0.29, 0.717) is 4.60 Å². The summed E-state index contributed by atoms with van der Waals surface area (Å²) >= 11 is 8.55. The maximum absolute atomic E-state index is 10.7. The van der Waals surface area contributed by atoms with Crippen molar-refractivity contribution < 1.29 is 0 Å². The summed E-state index contributed by atoms with van der Waals surface area (Å²) in [4.78, 5) is 13.4. The third-order valence-electron chi connectivity index (χ3n) is 0.854. The summed E-state index contributed by atoms with van der Waals surface area (Å²) < 4.78 is 0.525. The summed E-state index contributed by atoms with van der Waals surface area (Å²) in [6.45, 7) is 0. The van der Waals surface area contributed by atoms with Gasteiger partial charge in [0.05, 0.1) is 0 Å². The number of halogens is 2. The molecule has 0 saturated carbocycles. The number of pyridine rings is 1. The topological polar surface area (TPSA) is 32.9 Å². The fraction of sp³-hybridized carbons (Fsp3) is 0. The monoisotopic (exact) mass is 207 g/mol. The number of nitrogens with one attached hydrogen (secondary N) is 1. The van der Waals surface area contributed by atoms with E-state index in [1.807, 2.05) is 0 Å². The second-order valence-electron chi connectivity index (χ2n) is 1.47. The Labute approximate surface area is 65.0 Å². The van der Waals surface area contributed by atoms with E-state index in [0.717, 1.165) is 0 Å². The lowest BCUT2D eigenvalue weighted by atomic mass is 10.5. The lowest BCUT2D eigenvalue weighted by Crippen LogP contribution is -1.99. The van der Waals surface area contributed by atoms with E-state index in [9.17, 15) is 4.79 Å². The van der Waals surface area contributed by atoms with Crippen LogP contribution >= 0.6 is 27.5 Å². The molecule has 1 heterocycles. The zero-order valence-corrected chi connectivity index (χ0v) is 6.66. The molecule has 0 radical (unpaired) electrons. The molecule has 0 fully saturated rings. The maximum atomic E-state index is 10.7. The molecule has 1 rings (SSSR count). The van der Waals surface area contributed by atoms with E-state index in [-0.39, 0.29) is 10.5 Å². The smallest absolute Gasteiger partial charge is 0.201 e. The van der Waals surface area contributed by atoms with Gasteiger partial charge in [0.2, 0.25) is 5.43 Å². The number of hydrogen-bond acceptors (Lipinski definition) is 1. The van der Waals surface area contributed by atoms with E-state index in [1.54, 1.807) is 0 Å². The van der Waals surface area contributed by atoms with E-state index < -0.39 is 0 Å². The summed E-state index contributed by atoms with van der Waals surface area (Å²) in [5, 5.41) is 0.192. The van der Waals surface area contributed by atoms with Gasteiger partial charge in [0, 0.05) is 12.3 Å². The van der Waals surface area contributed by atoms with Crippen LogP contribution in [-0.4, -0.2) is 4.98 Å². The van der Waals surface area contributed by atoms with Gasteiger partial charge in [0.1, 0.15) is 9.63 Å². The van der Waals surface area contributed by atoms with Gasteiger partial charge in [-0.05, 0) is 15.9 Å². The number of H-pyrrole nitrogens is 1. The first-order chi connectivity index (χ1) is 4.22. The molecule has 0 atom stereocenters. The highest BCUT2D eigenvalue weighted by molar-refractivity contribution is 9.10. The summed E-state index contributed by atoms with van der Waals surface area (Å²) in [5.74, 6) is 0. The Kier molecular flexibility index (Phi) is 1.93. The molecule has 0 spiro atoms. The molecule has 2 nitrogen and oxygen atoms in total. The standard InChI is InChI=1S/C5H3BrClNO/c6-5-4(7)3(9)1-2-8-5/h1-2H,(H,8,9). The fourth-order valence-electron chi connectivity index (χ4n) is 0.435. The normalized spacial score (nSPS) is 9.56. The molecule has 0 saturated heterocycles. The molecule has 0 aliphatic rings. The van der Waals surface area contributed by atoms with Crippen molar-refractivity contribution in [2.24, 2.45) is 0 Å². The van der Waals surface area contributed by atoms with Gasteiger partial charge in [0.15, 0.2) is 0 Å². The lowest BCUT2D eigenvalue weighted by molar-refractivity contribution is 1.25. The van der Waals surface area contributed by atoms with Gasteiger partial charge in [-0.25, -0.2) is 0 Å². The molecule has 4 heteroatoms. The lowest BCUT2D eigenvalue weighted by Gasteiger charge is -1.89. The molecule has 0 bridgehead atoms. The highest BCUT2D eigenvalue weighted by Gasteiger charge is 1.97. The highest BCUT2D eigenvalue weighted by Crippen LogP contribution is 2.12. The average Bonchev–Trinajstić information content (AvgIpc) is 1.83. The van der Waals surface area contributed by atoms with Crippen molar-refractivity contribution in [2.75, 3.05) is 0 Å². The van der Waals surface area contributed by atoms with Crippen molar-refractivity contribution in [1.29, 1.82) is 0 Å². The third-order valence-corrected chi connectivity index (χ3v) is 2.08. The minimum absolute atomic E-state index is 0.178. The molecule has 1 aromatic heterocycles. The van der Waals surface area contributed by atoms with Crippen LogP contribution in [-0.2, 0) is 0 Å². The zero-order chi connectivity index (χ0) is 6.85. The number of hydrogen-bond donors (Lipinski definition) is 1. The summed E-state index contributed by atoms with van der Waals surface area (Å²) in [5.41, 5.74) is -0.178. The van der Waals surface area contributed by atoms with Crippen molar-refractivity contribution in [3.05, 3.63) is 32.1 Å². The second kappa shape index (κ2) is 2.54. The maximum Gasteiger partial charge on any atom is 0.201 e. The van der Waals surface area contributed by atoms with E-state index in [4.69, 9.17) is 11.6 Å². The van der Waals surface area contributed by atoms with Crippen LogP contribution < -0.4 is 5.43 Å². The molecule has 9 heavy (non-hydrogen) atoms. The number of aromatic amines is 1. The minimum atomic E-state index is -0.178. The molecule has 1 N–H and O–H groups in total. The second-order valence-corrected chi connectivity index (χ2v) is 2.64. The zero-order valence-electron chi connectivity index (χ0n) is 4.32. The van der Waals surface area contributed by atoms with Gasteiger partial charge in [-0.1, -0.05) is 11.6 Å². The first kappa shape index (κ1) is 6.83. The summed E-state index contributed by atoms with van der Waals surface area (Å²) in [7, 11) is 0. The molecule has 0 amide bonds. The first-order valence-electron chi connectivity index (χ1n) is 2.24. The average molecular weight is 208 g/mol. The summed E-state index contributed by atoms with van der Waals surface area (Å²) in [6.07, 6.45) is 1.53. The van der Waals surface area contributed by atoms with Gasteiger partial charge < -0.3 is 4.98 Å². The molecule has 0 aliphatic heterocycles. The minimum Gasteiger partial charge on any atom is -0.355 e. The van der Waals surface area contributed by atoms with Crippen LogP contribution in [0.2, 0.25) is 5.02 Å². The molecule has 48 valence electrons. The Morgan fingerprint density at radius 1 is 1.67 bits per heavy atom. The van der Waals surface area contributed by atoms with Crippen molar-refractivity contribution in [3.8, 4) is 0 Å². The Bertz CT molecular complexity index is 270. The molecular formula is C5H3BrClNO. The number of aromatic nitrogens is 1. The van der Waals surface area contributed by atoms with Gasteiger partial charge in [-0.3, -0.25) is 4.79 Å². The SMILES string of the molecule is O=c1cc[nH]c(Br)c1Cl. The van der Waals surface area contributed by atoms with E-state index >= 15 is 0 Å². The van der Waals surface area contributed by atoms with Crippen molar-refractivity contribution in [3.63, 3.8) is 0 Å². The van der Waals surface area contributed by atoms with Crippen molar-refractivity contribution in [2.45, 2.75) is 0 Å². The van der Waals surface area contributed by atoms with E-state index in [1.165, 1.54) is 12.3 Å².